The third-order valence-corrected chi connectivity index (χ3v) is 4.64. The lowest BCUT2D eigenvalue weighted by atomic mass is 9.77. The molecule has 1 fully saturated rings. The lowest BCUT2D eigenvalue weighted by Crippen LogP contribution is -2.30. The van der Waals surface area contributed by atoms with E-state index in [0.29, 0.717) is 5.92 Å². The maximum Gasteiger partial charge on any atom is 0.421 e. The Balaban J connectivity index is 1.87. The van der Waals surface area contributed by atoms with Gasteiger partial charge in [-0.05, 0) is 62.1 Å². The molecule has 0 N–H and O–H groups in total. The van der Waals surface area contributed by atoms with Crippen LogP contribution in [-0.2, 0) is 4.74 Å². The van der Waals surface area contributed by atoms with Crippen molar-refractivity contribution >= 4 is 0 Å². The fraction of sp³-hybridized carbons (Fsp3) is 0.684. The summed E-state index contributed by atoms with van der Waals surface area (Å²) in [6.07, 6.45) is 4.27. The van der Waals surface area contributed by atoms with Crippen molar-refractivity contribution in [1.82, 2.24) is 0 Å². The van der Waals surface area contributed by atoms with Crippen LogP contribution in [0.5, 0.6) is 5.75 Å². The van der Waals surface area contributed by atoms with E-state index < -0.39 is 12.7 Å². The first-order chi connectivity index (χ1) is 11.0. The molecule has 0 unspecified atom stereocenters. The summed E-state index contributed by atoms with van der Waals surface area (Å²) in [5.41, 5.74) is 1.24. The third kappa shape index (κ3) is 5.76. The fourth-order valence-corrected chi connectivity index (χ4v) is 3.42. The Morgan fingerprint density at radius 3 is 2.26 bits per heavy atom. The third-order valence-electron chi connectivity index (χ3n) is 4.64. The summed E-state index contributed by atoms with van der Waals surface area (Å²) in [5.74, 6) is 1.62. The average molecular weight is 326 g/mol. The molecule has 130 valence electrons. The Hall–Kier alpha value is -1.16. The first kappa shape index (κ1) is 18.2. The number of benzene rings is 1. The maximum absolute atomic E-state index is 13.5. The molecule has 0 radical (unpaired) electrons. The zero-order valence-corrected chi connectivity index (χ0v) is 14.2. The van der Waals surface area contributed by atoms with E-state index in [1.807, 2.05) is 12.1 Å². The molecule has 1 aliphatic rings. The van der Waals surface area contributed by atoms with Crippen LogP contribution in [0.1, 0.15) is 63.9 Å². The molecule has 1 saturated carbocycles. The van der Waals surface area contributed by atoms with Gasteiger partial charge in [0.2, 0.25) is 0 Å². The molecule has 4 heteroatoms. The Morgan fingerprint density at radius 1 is 1.04 bits per heavy atom. The largest absolute Gasteiger partial charge is 0.431 e. The van der Waals surface area contributed by atoms with Gasteiger partial charge < -0.3 is 9.47 Å². The topological polar surface area (TPSA) is 18.5 Å². The van der Waals surface area contributed by atoms with E-state index in [1.54, 1.807) is 19.1 Å². The highest BCUT2D eigenvalue weighted by atomic mass is 19.3. The van der Waals surface area contributed by atoms with Crippen LogP contribution in [0.15, 0.2) is 24.3 Å². The molecule has 0 spiro atoms. The molecule has 23 heavy (non-hydrogen) atoms. The van der Waals surface area contributed by atoms with Gasteiger partial charge in [0.1, 0.15) is 5.75 Å². The fourth-order valence-electron chi connectivity index (χ4n) is 3.42. The van der Waals surface area contributed by atoms with Crippen LogP contribution in [0.25, 0.3) is 0 Å². The van der Waals surface area contributed by atoms with E-state index in [-0.39, 0.29) is 12.4 Å². The van der Waals surface area contributed by atoms with Crippen LogP contribution in [0.4, 0.5) is 8.78 Å². The first-order valence-corrected chi connectivity index (χ1v) is 8.78. The molecule has 2 nitrogen and oxygen atoms in total. The summed E-state index contributed by atoms with van der Waals surface area (Å²) in [4.78, 5) is 0. The second-order valence-corrected chi connectivity index (χ2v) is 6.45. The van der Waals surface area contributed by atoms with Crippen LogP contribution in [0, 0.1) is 5.92 Å². The molecule has 1 aromatic carbocycles. The normalized spacial score (nSPS) is 22.1. The number of hydrogen-bond donors (Lipinski definition) is 0. The van der Waals surface area contributed by atoms with Crippen molar-refractivity contribution in [2.75, 3.05) is 13.2 Å². The monoisotopic (exact) mass is 326 g/mol. The SMILES string of the molecule is CCCC1CCC(c2ccc(OC(F)(F)COCC)cc2)CC1. The highest BCUT2D eigenvalue weighted by Gasteiger charge is 2.32. The molecule has 0 atom stereocenters. The predicted octanol–water partition coefficient (Wildman–Crippen LogP) is 5.77. The highest BCUT2D eigenvalue weighted by Crippen LogP contribution is 2.38. The second-order valence-electron chi connectivity index (χ2n) is 6.45. The van der Waals surface area contributed by atoms with Crippen molar-refractivity contribution in [1.29, 1.82) is 0 Å². The highest BCUT2D eigenvalue weighted by molar-refractivity contribution is 5.30. The van der Waals surface area contributed by atoms with E-state index in [0.717, 1.165) is 5.92 Å². The van der Waals surface area contributed by atoms with E-state index >= 15 is 0 Å². The minimum Gasteiger partial charge on any atom is -0.431 e. The standard InChI is InChI=1S/C19H28F2O2/c1-3-5-15-6-8-16(9-7-15)17-10-12-18(13-11-17)23-19(20,21)14-22-4-2/h10-13,15-16H,3-9,14H2,1-2H3. The molecule has 0 aromatic heterocycles. The molecule has 0 bridgehead atoms. The second kappa shape index (κ2) is 8.62. The van der Waals surface area contributed by atoms with E-state index in [9.17, 15) is 8.78 Å². The Morgan fingerprint density at radius 2 is 1.70 bits per heavy atom. The number of hydrogen-bond acceptors (Lipinski definition) is 2. The summed E-state index contributed by atoms with van der Waals surface area (Å²) in [7, 11) is 0. The molecule has 1 aliphatic carbocycles. The lowest BCUT2D eigenvalue weighted by Gasteiger charge is -2.28. The quantitative estimate of drug-likeness (QED) is 0.604. The summed E-state index contributed by atoms with van der Waals surface area (Å²) >= 11 is 0. The zero-order valence-electron chi connectivity index (χ0n) is 14.2. The van der Waals surface area contributed by atoms with Crippen molar-refractivity contribution in [3.8, 4) is 5.75 Å². The molecular weight excluding hydrogens is 298 g/mol. The van der Waals surface area contributed by atoms with Crippen molar-refractivity contribution < 1.29 is 18.3 Å². The Labute approximate surface area is 138 Å². The van der Waals surface area contributed by atoms with Crippen molar-refractivity contribution in [2.24, 2.45) is 5.92 Å². The molecule has 0 aliphatic heterocycles. The number of halogens is 2. The smallest absolute Gasteiger partial charge is 0.421 e. The average Bonchev–Trinajstić information content (AvgIpc) is 2.55. The van der Waals surface area contributed by atoms with Gasteiger partial charge >= 0.3 is 6.11 Å². The van der Waals surface area contributed by atoms with Crippen LogP contribution in [-0.4, -0.2) is 19.3 Å². The molecule has 0 saturated heterocycles. The summed E-state index contributed by atoms with van der Waals surface area (Å²) in [5, 5.41) is 0. The minimum atomic E-state index is -3.28. The summed E-state index contributed by atoms with van der Waals surface area (Å²) in [6, 6.07) is 7.15. The van der Waals surface area contributed by atoms with E-state index in [4.69, 9.17) is 9.47 Å². The van der Waals surface area contributed by atoms with Gasteiger partial charge in [0, 0.05) is 6.61 Å². The molecule has 1 aromatic rings. The van der Waals surface area contributed by atoms with Crippen molar-refractivity contribution in [3.63, 3.8) is 0 Å². The van der Waals surface area contributed by atoms with Crippen molar-refractivity contribution in [3.05, 3.63) is 29.8 Å². The lowest BCUT2D eigenvalue weighted by molar-refractivity contribution is -0.210. The molecule has 0 heterocycles. The van der Waals surface area contributed by atoms with Gasteiger partial charge in [0.15, 0.2) is 6.61 Å². The molecule has 2 rings (SSSR count). The molecular formula is C19H28F2O2. The van der Waals surface area contributed by atoms with Crippen LogP contribution in [0.2, 0.25) is 0 Å². The van der Waals surface area contributed by atoms with Gasteiger partial charge in [-0.1, -0.05) is 31.9 Å². The van der Waals surface area contributed by atoms with E-state index in [1.165, 1.54) is 44.1 Å². The maximum atomic E-state index is 13.5. The minimum absolute atomic E-state index is 0.193. The van der Waals surface area contributed by atoms with Gasteiger partial charge in [0.05, 0.1) is 0 Å². The van der Waals surface area contributed by atoms with Crippen LogP contribution >= 0.6 is 0 Å². The number of alkyl halides is 2. The van der Waals surface area contributed by atoms with Gasteiger partial charge in [0.25, 0.3) is 0 Å². The summed E-state index contributed by atoms with van der Waals surface area (Å²) in [6.45, 7) is 3.46. The van der Waals surface area contributed by atoms with Crippen molar-refractivity contribution in [2.45, 2.75) is 64.4 Å². The Kier molecular flexibility index (Phi) is 6.82. The van der Waals surface area contributed by atoms with Crippen LogP contribution in [0.3, 0.4) is 0 Å². The van der Waals surface area contributed by atoms with Gasteiger partial charge in [-0.15, -0.1) is 0 Å². The van der Waals surface area contributed by atoms with Gasteiger partial charge in [-0.25, -0.2) is 0 Å². The van der Waals surface area contributed by atoms with Gasteiger partial charge in [-0.2, -0.15) is 8.78 Å². The predicted molar refractivity (Wildman–Crippen MR) is 88.1 cm³/mol. The number of ether oxygens (including phenoxy) is 2. The first-order valence-electron chi connectivity index (χ1n) is 8.78. The number of rotatable bonds is 8. The Bertz CT molecular complexity index is 451. The van der Waals surface area contributed by atoms with Crippen LogP contribution < -0.4 is 4.74 Å². The zero-order chi connectivity index (χ0) is 16.7. The molecule has 0 amide bonds. The summed E-state index contributed by atoms with van der Waals surface area (Å²) < 4.78 is 36.5. The van der Waals surface area contributed by atoms with Gasteiger partial charge in [-0.3, -0.25) is 0 Å². The van der Waals surface area contributed by atoms with E-state index in [2.05, 4.69) is 6.92 Å².